The minimum Gasteiger partial charge on any atom is -0.569 e. The second kappa shape index (κ2) is 11.2. The van der Waals surface area contributed by atoms with E-state index in [1.807, 2.05) is 26.8 Å². The fraction of sp³-hybridized carbons (Fsp3) is 0.318. The summed E-state index contributed by atoms with van der Waals surface area (Å²) in [4.78, 5) is 4.48. The molecule has 0 bridgehead atoms. The number of sulfonamides is 1. The van der Waals surface area contributed by atoms with Crippen LogP contribution in [0.4, 0.5) is 5.69 Å². The van der Waals surface area contributed by atoms with Crippen LogP contribution in [0.15, 0.2) is 34.2 Å². The molecule has 169 valence electrons. The third-order valence-electron chi connectivity index (χ3n) is 4.52. The number of halogens is 1. The van der Waals surface area contributed by atoms with E-state index in [0.717, 1.165) is 16.7 Å². The number of nitrogens with zero attached hydrogens (tertiary/aromatic N) is 2. The number of rotatable bonds is 5. The summed E-state index contributed by atoms with van der Waals surface area (Å²) >= 11 is 6.04. The topological polar surface area (TPSA) is 79.1 Å². The van der Waals surface area contributed by atoms with Crippen LogP contribution in [-0.4, -0.2) is 34.1 Å². The average molecular weight is 504 g/mol. The van der Waals surface area contributed by atoms with Crippen LogP contribution in [0.2, 0.25) is 5.02 Å². The molecule has 0 N–H and O–H groups in total. The molecule has 0 aliphatic carbocycles. The number of ether oxygens (including phenoxy) is 2. The van der Waals surface area contributed by atoms with Gasteiger partial charge in [0.15, 0.2) is 0 Å². The van der Waals surface area contributed by atoms with E-state index in [2.05, 4.69) is 9.71 Å². The second-order valence-electron chi connectivity index (χ2n) is 6.87. The molecule has 0 saturated carbocycles. The minimum absolute atomic E-state index is 0. The van der Waals surface area contributed by atoms with E-state index in [0.29, 0.717) is 28.8 Å². The van der Waals surface area contributed by atoms with E-state index >= 15 is 0 Å². The van der Waals surface area contributed by atoms with Gasteiger partial charge in [0.25, 0.3) is 0 Å². The van der Waals surface area contributed by atoms with Crippen molar-refractivity contribution in [3.63, 3.8) is 0 Å². The number of benzene rings is 2. The Balaban J connectivity index is 0.00000300. The summed E-state index contributed by atoms with van der Waals surface area (Å²) in [5.74, 6) is 0.744. The van der Waals surface area contributed by atoms with Gasteiger partial charge in [0.2, 0.25) is 5.90 Å². The molecule has 0 amide bonds. The first-order valence-electron chi connectivity index (χ1n) is 8.76. The van der Waals surface area contributed by atoms with Crippen molar-refractivity contribution in [2.24, 2.45) is 4.99 Å². The maximum atomic E-state index is 13.0. The van der Waals surface area contributed by atoms with E-state index in [1.165, 1.54) is 19.2 Å². The molecule has 9 heteroatoms. The fourth-order valence-corrected chi connectivity index (χ4v) is 4.51. The van der Waals surface area contributed by atoms with Crippen molar-refractivity contribution in [3.8, 4) is 5.75 Å². The maximum Gasteiger partial charge on any atom is 3.00 e. The van der Waals surface area contributed by atoms with E-state index < -0.39 is 10.0 Å². The van der Waals surface area contributed by atoms with E-state index in [9.17, 15) is 8.42 Å². The zero-order chi connectivity index (χ0) is 20.6. The molecular formula is C22H28ClCrN2O4S. The molecule has 0 spiro atoms. The zero-order valence-electron chi connectivity index (χ0n) is 18.8. The zero-order valence-corrected chi connectivity index (χ0v) is 21.7. The quantitative estimate of drug-likeness (QED) is 0.488. The van der Waals surface area contributed by atoms with Crippen molar-refractivity contribution < 1.29 is 35.3 Å². The van der Waals surface area contributed by atoms with Crippen molar-refractivity contribution in [1.29, 1.82) is 0 Å². The van der Waals surface area contributed by atoms with Crippen LogP contribution in [0, 0.1) is 35.6 Å². The van der Waals surface area contributed by atoms with Crippen LogP contribution in [-0.2, 0) is 32.1 Å². The van der Waals surface area contributed by atoms with Gasteiger partial charge in [0.05, 0.1) is 18.0 Å². The first-order valence-corrected chi connectivity index (χ1v) is 10.6. The molecule has 0 unspecified atom stereocenters. The molecule has 1 radical (unpaired) electrons. The van der Waals surface area contributed by atoms with Gasteiger partial charge < -0.3 is 29.0 Å². The summed E-state index contributed by atoms with van der Waals surface area (Å²) in [5, 5.41) is 0.332. The van der Waals surface area contributed by atoms with Crippen LogP contribution >= 0.6 is 11.6 Å². The summed E-state index contributed by atoms with van der Waals surface area (Å²) in [5.41, 5.74) is 3.12. The summed E-state index contributed by atoms with van der Waals surface area (Å²) in [6.45, 7) is 7.90. The number of hydrogen-bond donors (Lipinski definition) is 0. The third-order valence-corrected chi connectivity index (χ3v) is 5.99. The van der Waals surface area contributed by atoms with Crippen LogP contribution in [0.5, 0.6) is 5.75 Å². The smallest absolute Gasteiger partial charge is 0.569 e. The molecule has 1 aliphatic rings. The van der Waals surface area contributed by atoms with Gasteiger partial charge in [-0.25, -0.2) is 13.4 Å². The maximum absolute atomic E-state index is 13.0. The number of methoxy groups -OCH3 is 1. The molecule has 2 aromatic carbocycles. The molecule has 6 nitrogen and oxygen atoms in total. The first-order chi connectivity index (χ1) is 13.1. The standard InChI is InChI=1S/C20H22ClN2O4S.2CH3.Cr/c1-11-6-15(21)9-16(7-11)28(24,25)23-18-17(20-22-13(3)10-27-20)8-12(2)14(4)19(18)26-5;;;/h6-9,13H,10H2,1-5H3;2*1H3;/q3*-1;+3/t13-;;;/m0.../s1. The van der Waals surface area contributed by atoms with Crippen LogP contribution in [0.3, 0.4) is 0 Å². The minimum atomic E-state index is -4.04. The Hall–Kier alpha value is -1.72. The second-order valence-corrected chi connectivity index (χ2v) is 8.91. The van der Waals surface area contributed by atoms with E-state index in [1.54, 1.807) is 13.0 Å². The SMILES string of the molecule is COc1c(C)c(C)cc(C2=N[C@@H](C)CO2)c1[N-]S(=O)(=O)c1cc(C)cc(Cl)c1.[CH3-].[CH3-].[Cr+3]. The van der Waals surface area contributed by atoms with Gasteiger partial charge in [-0.05, 0) is 68.7 Å². The van der Waals surface area contributed by atoms with Crippen molar-refractivity contribution in [3.05, 3.63) is 71.1 Å². The summed E-state index contributed by atoms with van der Waals surface area (Å²) in [6.07, 6.45) is 0. The third kappa shape index (κ3) is 6.17. The van der Waals surface area contributed by atoms with Gasteiger partial charge in [-0.1, -0.05) is 17.3 Å². The Kier molecular flexibility index (Phi) is 10.6. The van der Waals surface area contributed by atoms with Gasteiger partial charge in [-0.15, -0.1) is 0 Å². The summed E-state index contributed by atoms with van der Waals surface area (Å²) < 4.78 is 41.4. The summed E-state index contributed by atoms with van der Waals surface area (Å²) in [7, 11) is -2.55. The molecule has 0 fully saturated rings. The van der Waals surface area contributed by atoms with Crippen molar-refractivity contribution in [1.82, 2.24) is 0 Å². The molecule has 2 aromatic rings. The first kappa shape index (κ1) is 29.3. The molecular weight excluding hydrogens is 476 g/mol. The molecule has 1 atom stereocenters. The van der Waals surface area contributed by atoms with Crippen LogP contribution in [0.25, 0.3) is 4.72 Å². The molecule has 3 rings (SSSR count). The molecule has 1 heterocycles. The Labute approximate surface area is 202 Å². The Morgan fingerprint density at radius 3 is 2.32 bits per heavy atom. The Morgan fingerprint density at radius 1 is 1.16 bits per heavy atom. The molecule has 0 saturated heterocycles. The van der Waals surface area contributed by atoms with Gasteiger partial charge in [0.1, 0.15) is 22.4 Å². The molecule has 1 aliphatic heterocycles. The van der Waals surface area contributed by atoms with E-state index in [4.69, 9.17) is 21.1 Å². The summed E-state index contributed by atoms with van der Waals surface area (Å²) in [6, 6.07) is 6.41. The van der Waals surface area contributed by atoms with Crippen molar-refractivity contribution in [2.75, 3.05) is 13.7 Å². The number of hydrogen-bond acceptors (Lipinski definition) is 5. The fourth-order valence-electron chi connectivity index (χ4n) is 3.02. The predicted molar refractivity (Wildman–Crippen MR) is 124 cm³/mol. The molecule has 31 heavy (non-hydrogen) atoms. The molecule has 0 aromatic heterocycles. The normalized spacial score (nSPS) is 14.9. The van der Waals surface area contributed by atoms with Crippen LogP contribution < -0.4 is 4.74 Å². The Morgan fingerprint density at radius 2 is 1.81 bits per heavy atom. The van der Waals surface area contributed by atoms with Crippen LogP contribution in [0.1, 0.15) is 29.2 Å². The van der Waals surface area contributed by atoms with Gasteiger partial charge in [-0.2, -0.15) is 0 Å². The Bertz CT molecular complexity index is 1050. The monoisotopic (exact) mass is 503 g/mol. The average Bonchev–Trinajstić information content (AvgIpc) is 3.03. The largest absolute Gasteiger partial charge is 3.00 e. The van der Waals surface area contributed by atoms with E-state index in [-0.39, 0.29) is 48.8 Å². The number of aliphatic imine (C=N–C) groups is 1. The van der Waals surface area contributed by atoms with Gasteiger partial charge in [-0.3, -0.25) is 0 Å². The predicted octanol–water partition coefficient (Wildman–Crippen LogP) is 5.73. The van der Waals surface area contributed by atoms with Crippen molar-refractivity contribution in [2.45, 2.75) is 38.6 Å². The van der Waals surface area contributed by atoms with Crippen molar-refractivity contribution >= 4 is 33.2 Å². The van der Waals surface area contributed by atoms with Gasteiger partial charge >= 0.3 is 17.4 Å². The van der Waals surface area contributed by atoms with Gasteiger partial charge in [0, 0.05) is 10.6 Å². The number of aryl methyl sites for hydroxylation is 2.